The molecule has 3 rings (SSSR count). The topological polar surface area (TPSA) is 93.6 Å². The van der Waals surface area contributed by atoms with Crippen LogP contribution in [-0.4, -0.2) is 98.0 Å². The van der Waals surface area contributed by atoms with Gasteiger partial charge < -0.3 is 29.4 Å². The number of rotatable bonds is 5. The number of aromatic carboxylic acids is 1. The van der Waals surface area contributed by atoms with Gasteiger partial charge in [0.2, 0.25) is 0 Å². The molecule has 35 heavy (non-hydrogen) atoms. The molecule has 1 aromatic rings. The Balaban J connectivity index is 0.00000432. The van der Waals surface area contributed by atoms with E-state index in [1.165, 1.54) is 17.0 Å². The Labute approximate surface area is 207 Å². The minimum absolute atomic E-state index is 0. The molecule has 0 aliphatic carbocycles. The number of piperazine rings is 1. The molecule has 0 unspecified atom stereocenters. The van der Waals surface area contributed by atoms with Gasteiger partial charge in [0.25, 0.3) is 0 Å². The largest absolute Gasteiger partial charge is 0.478 e. The maximum absolute atomic E-state index is 13.6. The molecule has 2 amide bonds. The van der Waals surface area contributed by atoms with Gasteiger partial charge >= 0.3 is 24.1 Å². The van der Waals surface area contributed by atoms with Gasteiger partial charge in [0.1, 0.15) is 0 Å². The first kappa shape index (κ1) is 28.5. The normalized spacial score (nSPS) is 17.5. The third kappa shape index (κ3) is 6.69. The molecular formula is C22H30ClF3N4O5. The van der Waals surface area contributed by atoms with Crippen molar-refractivity contribution < 1.29 is 37.4 Å². The van der Waals surface area contributed by atoms with Gasteiger partial charge in [-0.25, -0.2) is 9.59 Å². The van der Waals surface area contributed by atoms with E-state index in [2.05, 4.69) is 4.90 Å². The van der Waals surface area contributed by atoms with Crippen molar-refractivity contribution in [1.29, 1.82) is 0 Å². The zero-order chi connectivity index (χ0) is 25.0. The summed E-state index contributed by atoms with van der Waals surface area (Å²) in [5.74, 6) is -3.55. The fraction of sp³-hybridized carbons (Fsp3) is 0.591. The highest BCUT2D eigenvalue weighted by Gasteiger charge is 2.47. The van der Waals surface area contributed by atoms with E-state index in [1.54, 1.807) is 13.0 Å². The number of hydrogen-bond donors (Lipinski definition) is 1. The molecule has 0 spiro atoms. The Morgan fingerprint density at radius 3 is 2.20 bits per heavy atom. The Morgan fingerprint density at radius 1 is 1.09 bits per heavy atom. The van der Waals surface area contributed by atoms with Gasteiger partial charge in [0.15, 0.2) is 0 Å². The summed E-state index contributed by atoms with van der Waals surface area (Å²) in [5, 5.41) is 9.70. The quantitative estimate of drug-likeness (QED) is 0.635. The van der Waals surface area contributed by atoms with Crippen LogP contribution in [0.4, 0.5) is 29.3 Å². The number of piperidine rings is 1. The lowest BCUT2D eigenvalue weighted by molar-refractivity contribution is -0.171. The van der Waals surface area contributed by atoms with Crippen molar-refractivity contribution in [2.45, 2.75) is 32.0 Å². The molecule has 0 aromatic heterocycles. The summed E-state index contributed by atoms with van der Waals surface area (Å²) in [6.07, 6.45) is -5.66. The standard InChI is InChI=1S/C22H29F3N4O5.ClH/c1-3-34-21(33)28-8-6-15(7-9-28)29(20(32)22(23,24)25)18-14-16(4-5-17(18)19(30)31)27-12-10-26(2)11-13-27;/h4-5,14-15H,3,6-13H2,1-2H3,(H,30,31);1H. The highest BCUT2D eigenvalue weighted by molar-refractivity contribution is 6.05. The molecule has 2 fully saturated rings. The van der Waals surface area contributed by atoms with Gasteiger partial charge in [-0.15, -0.1) is 12.4 Å². The van der Waals surface area contributed by atoms with Crippen LogP contribution < -0.4 is 9.80 Å². The van der Waals surface area contributed by atoms with Gasteiger partial charge in [-0.05, 0) is 45.0 Å². The van der Waals surface area contributed by atoms with Crippen LogP contribution in [0.25, 0.3) is 0 Å². The van der Waals surface area contributed by atoms with Gasteiger partial charge in [-0.3, -0.25) is 4.79 Å². The molecule has 2 aliphatic heterocycles. The Kier molecular flexibility index (Phi) is 9.61. The molecule has 2 saturated heterocycles. The molecule has 1 N–H and O–H groups in total. The average Bonchev–Trinajstić information content (AvgIpc) is 2.79. The molecule has 1 aromatic carbocycles. The van der Waals surface area contributed by atoms with Crippen molar-refractivity contribution in [2.75, 3.05) is 62.7 Å². The van der Waals surface area contributed by atoms with Crippen LogP contribution in [0.5, 0.6) is 0 Å². The van der Waals surface area contributed by atoms with E-state index in [0.717, 1.165) is 13.1 Å². The minimum atomic E-state index is -5.20. The van der Waals surface area contributed by atoms with Gasteiger partial charge in [0, 0.05) is 51.0 Å². The predicted octanol–water partition coefficient (Wildman–Crippen LogP) is 3.07. The number of carboxylic acid groups (broad SMARTS) is 1. The maximum Gasteiger partial charge on any atom is 0.471 e. The van der Waals surface area contributed by atoms with E-state index < -0.39 is 30.2 Å². The highest BCUT2D eigenvalue weighted by atomic mass is 35.5. The number of likely N-dealkylation sites (tertiary alicyclic amines) is 1. The van der Waals surface area contributed by atoms with E-state index in [9.17, 15) is 32.7 Å². The second-order valence-electron chi connectivity index (χ2n) is 8.39. The molecule has 2 heterocycles. The lowest BCUT2D eigenvalue weighted by Gasteiger charge is -2.39. The molecule has 196 valence electrons. The van der Waals surface area contributed by atoms with E-state index in [4.69, 9.17) is 4.74 Å². The van der Waals surface area contributed by atoms with Crippen LogP contribution in [0.2, 0.25) is 0 Å². The monoisotopic (exact) mass is 522 g/mol. The molecule has 0 radical (unpaired) electrons. The number of carbonyl (C=O) groups is 3. The number of hydrogen-bond acceptors (Lipinski definition) is 6. The number of carbonyl (C=O) groups excluding carboxylic acids is 2. The first-order valence-corrected chi connectivity index (χ1v) is 11.2. The number of halogens is 4. The van der Waals surface area contributed by atoms with Crippen LogP contribution >= 0.6 is 12.4 Å². The molecule has 0 bridgehead atoms. The van der Waals surface area contributed by atoms with Crippen molar-refractivity contribution >= 4 is 41.8 Å². The highest BCUT2D eigenvalue weighted by Crippen LogP contribution is 2.35. The number of ether oxygens (including phenoxy) is 1. The number of benzene rings is 1. The predicted molar refractivity (Wildman–Crippen MR) is 126 cm³/mol. The number of nitrogens with zero attached hydrogens (tertiary/aromatic N) is 4. The third-order valence-corrected chi connectivity index (χ3v) is 6.16. The van der Waals surface area contributed by atoms with Crippen molar-refractivity contribution in [3.8, 4) is 0 Å². The Hall–Kier alpha value is -2.73. The van der Waals surface area contributed by atoms with Gasteiger partial charge in [-0.2, -0.15) is 13.2 Å². The fourth-order valence-corrected chi connectivity index (χ4v) is 4.29. The molecule has 9 nitrogen and oxygen atoms in total. The maximum atomic E-state index is 13.6. The van der Waals surface area contributed by atoms with Crippen LogP contribution in [0.15, 0.2) is 18.2 Å². The zero-order valence-electron chi connectivity index (χ0n) is 19.6. The average molecular weight is 523 g/mol. The van der Waals surface area contributed by atoms with Crippen molar-refractivity contribution in [2.24, 2.45) is 0 Å². The van der Waals surface area contributed by atoms with E-state index in [-0.39, 0.29) is 56.2 Å². The summed E-state index contributed by atoms with van der Waals surface area (Å²) in [7, 11) is 1.96. The Morgan fingerprint density at radius 2 is 1.69 bits per heavy atom. The lowest BCUT2D eigenvalue weighted by Crippen LogP contribution is -2.53. The number of alkyl halides is 3. The summed E-state index contributed by atoms with van der Waals surface area (Å²) in [6, 6.07) is 3.23. The van der Waals surface area contributed by atoms with Crippen molar-refractivity contribution in [3.05, 3.63) is 23.8 Å². The molecule has 0 atom stereocenters. The molecule has 13 heteroatoms. The van der Waals surface area contributed by atoms with Crippen LogP contribution in [-0.2, 0) is 9.53 Å². The van der Waals surface area contributed by atoms with E-state index in [1.807, 2.05) is 11.9 Å². The molecule has 0 saturated carbocycles. The minimum Gasteiger partial charge on any atom is -0.478 e. The second-order valence-corrected chi connectivity index (χ2v) is 8.39. The number of amides is 2. The summed E-state index contributed by atoms with van der Waals surface area (Å²) in [5.41, 5.74) is -0.124. The summed E-state index contributed by atoms with van der Waals surface area (Å²) in [6.45, 7) is 4.72. The smallest absolute Gasteiger partial charge is 0.471 e. The number of carboxylic acids is 1. The third-order valence-electron chi connectivity index (χ3n) is 6.16. The van der Waals surface area contributed by atoms with E-state index >= 15 is 0 Å². The number of likely N-dealkylation sites (N-methyl/N-ethyl adjacent to an activating group) is 1. The molecular weight excluding hydrogens is 493 g/mol. The molecule has 2 aliphatic rings. The first-order valence-electron chi connectivity index (χ1n) is 11.2. The number of anilines is 2. The fourth-order valence-electron chi connectivity index (χ4n) is 4.29. The summed E-state index contributed by atoms with van der Waals surface area (Å²) < 4.78 is 45.9. The zero-order valence-corrected chi connectivity index (χ0v) is 20.4. The van der Waals surface area contributed by atoms with Gasteiger partial charge in [-0.1, -0.05) is 0 Å². The Bertz CT molecular complexity index is 917. The van der Waals surface area contributed by atoms with Crippen LogP contribution in [0, 0.1) is 0 Å². The van der Waals surface area contributed by atoms with Crippen LogP contribution in [0.3, 0.4) is 0 Å². The summed E-state index contributed by atoms with van der Waals surface area (Å²) in [4.78, 5) is 42.5. The first-order chi connectivity index (χ1) is 16.0. The lowest BCUT2D eigenvalue weighted by atomic mass is 10.00. The van der Waals surface area contributed by atoms with E-state index in [0.29, 0.717) is 23.7 Å². The van der Waals surface area contributed by atoms with Crippen molar-refractivity contribution in [1.82, 2.24) is 9.80 Å². The second kappa shape index (κ2) is 11.8. The van der Waals surface area contributed by atoms with Crippen molar-refractivity contribution in [3.63, 3.8) is 0 Å². The summed E-state index contributed by atoms with van der Waals surface area (Å²) >= 11 is 0. The SMILES string of the molecule is CCOC(=O)N1CCC(N(C(=O)C(F)(F)F)c2cc(N3CCN(C)CC3)ccc2C(=O)O)CC1.Cl. The van der Waals surface area contributed by atoms with Crippen LogP contribution in [0.1, 0.15) is 30.1 Å². The van der Waals surface area contributed by atoms with Gasteiger partial charge in [0.05, 0.1) is 17.9 Å².